The van der Waals surface area contributed by atoms with Gasteiger partial charge in [0.15, 0.2) is 13.9 Å². The number of benzene rings is 2. The molecule has 2 rings (SSSR count). The number of para-hydroxylation sites is 1. The van der Waals surface area contributed by atoms with Crippen LogP contribution in [0.1, 0.15) is 12.0 Å². The van der Waals surface area contributed by atoms with E-state index in [9.17, 15) is 9.46 Å². The zero-order valence-electron chi connectivity index (χ0n) is 13.8. The minimum absolute atomic E-state index is 0. The summed E-state index contributed by atoms with van der Waals surface area (Å²) in [7, 11) is -3.99. The van der Waals surface area contributed by atoms with Gasteiger partial charge in [0.2, 0.25) is 0 Å². The molecule has 0 radical (unpaired) electrons. The van der Waals surface area contributed by atoms with Crippen LogP contribution in [0.25, 0.3) is 0 Å². The van der Waals surface area contributed by atoms with Gasteiger partial charge in [-0.25, -0.2) is 0 Å². The van der Waals surface area contributed by atoms with Crippen LogP contribution in [0.5, 0.6) is 5.75 Å². The van der Waals surface area contributed by atoms with E-state index in [-0.39, 0.29) is 25.5 Å². The fourth-order valence-electron chi connectivity index (χ4n) is 1.84. The standard InChI is InChI=1S/C17H21O5P.Li/c18-23(19,15-21-17-10-5-2-6-11-17)22-13-7-12-20-14-16-8-3-1-4-9-16;/h1-6,8-11H,7,12-15H2,(H,18,19);/q;+1/p-1. The summed E-state index contributed by atoms with van der Waals surface area (Å²) >= 11 is 0. The third kappa shape index (κ3) is 8.70. The van der Waals surface area contributed by atoms with Crippen LogP contribution < -0.4 is 28.5 Å². The molecule has 2 aromatic carbocycles. The molecule has 0 saturated carbocycles. The second kappa shape index (κ2) is 11.5. The monoisotopic (exact) mass is 342 g/mol. The molecular formula is C17H20LiO5P. The first kappa shape index (κ1) is 21.0. The Morgan fingerprint density at radius 2 is 1.54 bits per heavy atom. The molecule has 0 fully saturated rings. The van der Waals surface area contributed by atoms with Gasteiger partial charge in [-0.05, 0) is 24.1 Å². The maximum atomic E-state index is 11.7. The fourth-order valence-corrected chi connectivity index (χ4v) is 2.63. The molecule has 1 atom stereocenters. The Morgan fingerprint density at radius 3 is 2.21 bits per heavy atom. The van der Waals surface area contributed by atoms with Crippen molar-refractivity contribution in [3.63, 3.8) is 0 Å². The van der Waals surface area contributed by atoms with Crippen LogP contribution in [0.4, 0.5) is 0 Å². The van der Waals surface area contributed by atoms with E-state index in [1.54, 1.807) is 24.3 Å². The molecule has 24 heavy (non-hydrogen) atoms. The Hall–Kier alpha value is -1.05. The van der Waals surface area contributed by atoms with Crippen LogP contribution in [-0.4, -0.2) is 19.6 Å². The van der Waals surface area contributed by atoms with E-state index in [0.29, 0.717) is 25.4 Å². The molecule has 0 spiro atoms. The van der Waals surface area contributed by atoms with Gasteiger partial charge in [-0.15, -0.1) is 0 Å². The van der Waals surface area contributed by atoms with Crippen molar-refractivity contribution >= 4 is 7.60 Å². The van der Waals surface area contributed by atoms with Gasteiger partial charge in [-0.3, -0.25) is 0 Å². The molecule has 0 heterocycles. The summed E-state index contributed by atoms with van der Waals surface area (Å²) in [5, 5.41) is 0. The number of hydrogen-bond acceptors (Lipinski definition) is 5. The smallest absolute Gasteiger partial charge is 0.776 e. The van der Waals surface area contributed by atoms with Crippen molar-refractivity contribution in [1.29, 1.82) is 0 Å². The second-order valence-corrected chi connectivity index (χ2v) is 6.66. The summed E-state index contributed by atoms with van der Waals surface area (Å²) in [5.74, 6) is 0.498. The van der Waals surface area contributed by atoms with Gasteiger partial charge in [0.25, 0.3) is 0 Å². The number of ether oxygens (including phenoxy) is 2. The summed E-state index contributed by atoms with van der Waals surface area (Å²) in [6, 6.07) is 18.5. The molecule has 7 heteroatoms. The van der Waals surface area contributed by atoms with Crippen molar-refractivity contribution in [1.82, 2.24) is 0 Å². The summed E-state index contributed by atoms with van der Waals surface area (Å²) in [5.41, 5.74) is 1.08. The zero-order chi connectivity index (χ0) is 16.4. The van der Waals surface area contributed by atoms with Gasteiger partial charge in [0, 0.05) is 6.61 Å². The second-order valence-electron chi connectivity index (χ2n) is 4.92. The predicted molar refractivity (Wildman–Crippen MR) is 86.2 cm³/mol. The van der Waals surface area contributed by atoms with Crippen LogP contribution in [0, 0.1) is 0 Å². The van der Waals surface area contributed by atoms with E-state index in [1.807, 2.05) is 36.4 Å². The van der Waals surface area contributed by atoms with Gasteiger partial charge in [-0.2, -0.15) is 0 Å². The van der Waals surface area contributed by atoms with Crippen molar-refractivity contribution in [3.8, 4) is 5.75 Å². The summed E-state index contributed by atoms with van der Waals surface area (Å²) in [4.78, 5) is 11.7. The Labute approximate surface area is 154 Å². The van der Waals surface area contributed by atoms with Crippen molar-refractivity contribution in [2.75, 3.05) is 19.6 Å². The molecular weight excluding hydrogens is 322 g/mol. The summed E-state index contributed by atoms with van der Waals surface area (Å²) < 4.78 is 27.2. The molecule has 0 aliphatic heterocycles. The van der Waals surface area contributed by atoms with Crippen molar-refractivity contribution in [2.24, 2.45) is 0 Å². The first-order chi connectivity index (χ1) is 11.2. The van der Waals surface area contributed by atoms with E-state index in [0.717, 1.165) is 5.56 Å². The van der Waals surface area contributed by atoms with Crippen LogP contribution in [-0.2, 0) is 20.4 Å². The molecule has 0 bridgehead atoms. The molecule has 0 aliphatic rings. The Bertz CT molecular complexity index is 609. The third-order valence-corrected chi connectivity index (χ3v) is 3.99. The normalized spacial score (nSPS) is 12.9. The van der Waals surface area contributed by atoms with Crippen molar-refractivity contribution < 1.29 is 42.3 Å². The number of rotatable bonds is 10. The first-order valence-corrected chi connectivity index (χ1v) is 9.13. The summed E-state index contributed by atoms with van der Waals surface area (Å²) in [6.07, 6.45) is 0.0340. The molecule has 1 unspecified atom stereocenters. The van der Waals surface area contributed by atoms with Gasteiger partial charge in [0.1, 0.15) is 5.75 Å². The maximum absolute atomic E-state index is 11.7. The molecule has 0 aliphatic carbocycles. The van der Waals surface area contributed by atoms with Crippen LogP contribution in [0.3, 0.4) is 0 Å². The van der Waals surface area contributed by atoms with Gasteiger partial charge in [0.05, 0.1) is 13.2 Å². The van der Waals surface area contributed by atoms with Gasteiger partial charge >= 0.3 is 18.9 Å². The Morgan fingerprint density at radius 1 is 0.917 bits per heavy atom. The third-order valence-electron chi connectivity index (χ3n) is 2.97. The van der Waals surface area contributed by atoms with E-state index in [1.165, 1.54) is 0 Å². The Balaban J connectivity index is 0.00000288. The van der Waals surface area contributed by atoms with Crippen LogP contribution in [0.2, 0.25) is 0 Å². The van der Waals surface area contributed by atoms with E-state index >= 15 is 0 Å². The molecule has 5 nitrogen and oxygen atoms in total. The van der Waals surface area contributed by atoms with Crippen LogP contribution in [0.15, 0.2) is 60.7 Å². The molecule has 0 N–H and O–H groups in total. The predicted octanol–water partition coefficient (Wildman–Crippen LogP) is 0.204. The zero-order valence-corrected chi connectivity index (χ0v) is 14.7. The quantitative estimate of drug-likeness (QED) is 0.351. The average Bonchev–Trinajstić information content (AvgIpc) is 2.58. The molecule has 0 aromatic heterocycles. The van der Waals surface area contributed by atoms with Gasteiger partial charge < -0.3 is 23.5 Å². The fraction of sp³-hybridized carbons (Fsp3) is 0.294. The van der Waals surface area contributed by atoms with Crippen molar-refractivity contribution in [3.05, 3.63) is 66.2 Å². The number of hydrogen-bond donors (Lipinski definition) is 0. The first-order valence-electron chi connectivity index (χ1n) is 7.40. The molecule has 124 valence electrons. The average molecular weight is 342 g/mol. The van der Waals surface area contributed by atoms with E-state index in [2.05, 4.69) is 0 Å². The van der Waals surface area contributed by atoms with E-state index in [4.69, 9.17) is 14.0 Å². The SMILES string of the molecule is O=P([O-])(COc1ccccc1)OCCCOCc1ccccc1.[Li+]. The van der Waals surface area contributed by atoms with Gasteiger partial charge in [-0.1, -0.05) is 48.5 Å². The Kier molecular flexibility index (Phi) is 10.1. The molecule has 0 amide bonds. The minimum Gasteiger partial charge on any atom is -0.776 e. The minimum atomic E-state index is -3.99. The summed E-state index contributed by atoms with van der Waals surface area (Å²) in [6.45, 7) is 1.04. The molecule has 2 aromatic rings. The van der Waals surface area contributed by atoms with E-state index < -0.39 is 13.9 Å². The topological polar surface area (TPSA) is 67.8 Å². The van der Waals surface area contributed by atoms with Crippen molar-refractivity contribution in [2.45, 2.75) is 13.0 Å². The largest absolute Gasteiger partial charge is 1.00 e. The van der Waals surface area contributed by atoms with Crippen LogP contribution >= 0.6 is 7.60 Å². The molecule has 0 saturated heterocycles. The maximum Gasteiger partial charge on any atom is 1.00 e.